The van der Waals surface area contributed by atoms with Gasteiger partial charge in [-0.2, -0.15) is 0 Å². The largest absolute Gasteiger partial charge is 0.485 e. The first-order valence-electron chi connectivity index (χ1n) is 6.18. The molecule has 0 radical (unpaired) electrons. The van der Waals surface area contributed by atoms with E-state index in [1.165, 1.54) is 0 Å². The summed E-state index contributed by atoms with van der Waals surface area (Å²) in [6.45, 7) is 7.48. The number of ether oxygens (including phenoxy) is 2. The molecule has 0 saturated heterocycles. The molecule has 0 spiro atoms. The second-order valence-electron chi connectivity index (χ2n) is 4.69. The van der Waals surface area contributed by atoms with Crippen LogP contribution in [0.2, 0.25) is 5.02 Å². The van der Waals surface area contributed by atoms with Crippen LogP contribution in [-0.4, -0.2) is 32.4 Å². The first-order chi connectivity index (χ1) is 8.52. The van der Waals surface area contributed by atoms with Gasteiger partial charge in [0.1, 0.15) is 11.9 Å². The lowest BCUT2D eigenvalue weighted by Gasteiger charge is -2.21. The average Bonchev–Trinajstić information content (AvgIpc) is 2.31. The van der Waals surface area contributed by atoms with E-state index in [9.17, 15) is 0 Å². The van der Waals surface area contributed by atoms with Gasteiger partial charge in [0.25, 0.3) is 0 Å². The lowest BCUT2D eigenvalue weighted by atomic mass is 10.2. The molecule has 1 rings (SSSR count). The van der Waals surface area contributed by atoms with Crippen molar-refractivity contribution in [1.29, 1.82) is 0 Å². The zero-order chi connectivity index (χ0) is 13.5. The van der Waals surface area contributed by atoms with Crippen LogP contribution < -0.4 is 10.1 Å². The molecule has 4 heteroatoms. The van der Waals surface area contributed by atoms with Crippen molar-refractivity contribution in [3.05, 3.63) is 28.8 Å². The molecular formula is C14H22ClNO2. The Kier molecular flexibility index (Phi) is 6.47. The summed E-state index contributed by atoms with van der Waals surface area (Å²) in [6, 6.07) is 6.18. The quantitative estimate of drug-likeness (QED) is 0.827. The van der Waals surface area contributed by atoms with Crippen LogP contribution in [0.1, 0.15) is 19.4 Å². The van der Waals surface area contributed by atoms with E-state index in [0.29, 0.717) is 23.4 Å². The number of aryl methyl sites for hydroxylation is 1. The van der Waals surface area contributed by atoms with Crippen molar-refractivity contribution in [1.82, 2.24) is 5.32 Å². The highest BCUT2D eigenvalue weighted by atomic mass is 35.5. The zero-order valence-electron chi connectivity index (χ0n) is 11.5. The summed E-state index contributed by atoms with van der Waals surface area (Å²) in [5.74, 6) is 0.712. The molecule has 1 N–H and O–H groups in total. The number of rotatable bonds is 7. The Morgan fingerprint density at radius 3 is 2.67 bits per heavy atom. The highest BCUT2D eigenvalue weighted by Crippen LogP contribution is 2.26. The summed E-state index contributed by atoms with van der Waals surface area (Å²) >= 11 is 6.12. The normalized spacial score (nSPS) is 12.8. The molecule has 0 heterocycles. The first-order valence-corrected chi connectivity index (χ1v) is 6.56. The molecule has 1 aromatic rings. The van der Waals surface area contributed by atoms with Gasteiger partial charge < -0.3 is 14.8 Å². The Morgan fingerprint density at radius 2 is 2.06 bits per heavy atom. The topological polar surface area (TPSA) is 30.5 Å². The smallest absolute Gasteiger partial charge is 0.138 e. The van der Waals surface area contributed by atoms with Gasteiger partial charge in [-0.1, -0.05) is 31.5 Å². The van der Waals surface area contributed by atoms with Crippen LogP contribution >= 0.6 is 11.6 Å². The van der Waals surface area contributed by atoms with Gasteiger partial charge in [0.2, 0.25) is 0 Å². The van der Waals surface area contributed by atoms with E-state index in [1.54, 1.807) is 7.11 Å². The molecule has 102 valence electrons. The summed E-state index contributed by atoms with van der Waals surface area (Å²) in [4.78, 5) is 0. The highest BCUT2D eigenvalue weighted by molar-refractivity contribution is 6.32. The number of hydrogen-bond acceptors (Lipinski definition) is 3. The maximum absolute atomic E-state index is 6.12. The zero-order valence-corrected chi connectivity index (χ0v) is 12.3. The van der Waals surface area contributed by atoms with Gasteiger partial charge in [-0.25, -0.2) is 0 Å². The Balaban J connectivity index is 2.66. The van der Waals surface area contributed by atoms with E-state index in [4.69, 9.17) is 21.1 Å². The van der Waals surface area contributed by atoms with Crippen molar-refractivity contribution in [3.63, 3.8) is 0 Å². The van der Waals surface area contributed by atoms with E-state index in [2.05, 4.69) is 19.2 Å². The Labute approximate surface area is 114 Å². The lowest BCUT2D eigenvalue weighted by molar-refractivity contribution is 0.0794. The number of halogens is 1. The van der Waals surface area contributed by atoms with Crippen LogP contribution in [0.4, 0.5) is 0 Å². The molecule has 18 heavy (non-hydrogen) atoms. The van der Waals surface area contributed by atoms with Crippen molar-refractivity contribution < 1.29 is 9.47 Å². The summed E-state index contributed by atoms with van der Waals surface area (Å²) in [5.41, 5.74) is 1.13. The predicted octanol–water partition coefficient (Wildman–Crippen LogP) is 3.04. The molecule has 0 saturated carbocycles. The SMILES string of the molecule is COCC(CNC(C)C)Oc1cc(C)ccc1Cl. The Morgan fingerprint density at radius 1 is 1.33 bits per heavy atom. The van der Waals surface area contributed by atoms with Crippen molar-refractivity contribution in [2.45, 2.75) is 32.9 Å². The second-order valence-corrected chi connectivity index (χ2v) is 5.10. The van der Waals surface area contributed by atoms with E-state index >= 15 is 0 Å². The fourth-order valence-corrected chi connectivity index (χ4v) is 1.73. The molecular weight excluding hydrogens is 250 g/mol. The Hall–Kier alpha value is -0.770. The fraction of sp³-hybridized carbons (Fsp3) is 0.571. The van der Waals surface area contributed by atoms with Crippen molar-refractivity contribution in [2.24, 2.45) is 0 Å². The van der Waals surface area contributed by atoms with Crippen LogP contribution in [0.3, 0.4) is 0 Å². The second kappa shape index (κ2) is 7.62. The molecule has 0 bridgehead atoms. The van der Waals surface area contributed by atoms with Crippen molar-refractivity contribution in [2.75, 3.05) is 20.3 Å². The minimum atomic E-state index is -0.0447. The molecule has 0 aliphatic rings. The van der Waals surface area contributed by atoms with Gasteiger partial charge in [-0.3, -0.25) is 0 Å². The van der Waals surface area contributed by atoms with Gasteiger partial charge in [0.05, 0.1) is 11.6 Å². The highest BCUT2D eigenvalue weighted by Gasteiger charge is 2.13. The molecule has 0 aliphatic carbocycles. The third-order valence-electron chi connectivity index (χ3n) is 2.49. The first kappa shape index (κ1) is 15.3. The van der Waals surface area contributed by atoms with Crippen molar-refractivity contribution in [3.8, 4) is 5.75 Å². The standard InChI is InChI=1S/C14H22ClNO2/c1-10(2)16-8-12(9-17-4)18-14-7-11(3)5-6-13(14)15/h5-7,10,12,16H,8-9H2,1-4H3. The van der Waals surface area contributed by atoms with E-state index in [-0.39, 0.29) is 6.10 Å². The van der Waals surface area contributed by atoms with E-state index in [0.717, 1.165) is 12.1 Å². The molecule has 1 unspecified atom stereocenters. The van der Waals surface area contributed by atoms with Gasteiger partial charge in [-0.05, 0) is 24.6 Å². The Bertz CT molecular complexity index is 369. The molecule has 0 aliphatic heterocycles. The van der Waals surface area contributed by atoms with Crippen LogP contribution in [0.25, 0.3) is 0 Å². The van der Waals surface area contributed by atoms with Crippen molar-refractivity contribution >= 4 is 11.6 Å². The molecule has 0 fully saturated rings. The number of hydrogen-bond donors (Lipinski definition) is 1. The number of nitrogens with one attached hydrogen (secondary N) is 1. The summed E-state index contributed by atoms with van der Waals surface area (Å²) in [7, 11) is 1.67. The van der Waals surface area contributed by atoms with Gasteiger partial charge in [0, 0.05) is 19.7 Å². The summed E-state index contributed by atoms with van der Waals surface area (Å²) < 4.78 is 11.1. The van der Waals surface area contributed by atoms with Crippen LogP contribution in [0.15, 0.2) is 18.2 Å². The monoisotopic (exact) mass is 271 g/mol. The van der Waals surface area contributed by atoms with E-state index in [1.807, 2.05) is 25.1 Å². The summed E-state index contributed by atoms with van der Waals surface area (Å²) in [6.07, 6.45) is -0.0447. The molecule has 0 aromatic heterocycles. The minimum absolute atomic E-state index is 0.0447. The number of benzene rings is 1. The maximum atomic E-state index is 6.12. The average molecular weight is 272 g/mol. The fourth-order valence-electron chi connectivity index (χ4n) is 1.57. The number of methoxy groups -OCH3 is 1. The third kappa shape index (κ3) is 5.25. The third-order valence-corrected chi connectivity index (χ3v) is 2.80. The van der Waals surface area contributed by atoms with Gasteiger partial charge in [-0.15, -0.1) is 0 Å². The van der Waals surface area contributed by atoms with Crippen LogP contribution in [0.5, 0.6) is 5.75 Å². The van der Waals surface area contributed by atoms with Gasteiger partial charge in [0.15, 0.2) is 0 Å². The van der Waals surface area contributed by atoms with Crippen LogP contribution in [0, 0.1) is 6.92 Å². The molecule has 3 nitrogen and oxygen atoms in total. The molecule has 1 aromatic carbocycles. The van der Waals surface area contributed by atoms with E-state index < -0.39 is 0 Å². The summed E-state index contributed by atoms with van der Waals surface area (Å²) in [5, 5.41) is 3.97. The maximum Gasteiger partial charge on any atom is 0.138 e. The van der Waals surface area contributed by atoms with Crippen LogP contribution in [-0.2, 0) is 4.74 Å². The molecule has 1 atom stereocenters. The van der Waals surface area contributed by atoms with Gasteiger partial charge >= 0.3 is 0 Å². The molecule has 0 amide bonds. The predicted molar refractivity (Wildman–Crippen MR) is 75.6 cm³/mol. The lowest BCUT2D eigenvalue weighted by Crippen LogP contribution is -2.38. The minimum Gasteiger partial charge on any atom is -0.485 e.